The molecule has 1 aromatic rings. The molecule has 0 saturated carbocycles. The molecule has 18 heavy (non-hydrogen) atoms. The fourth-order valence-electron chi connectivity index (χ4n) is 1.27. The maximum atomic E-state index is 11.9. The summed E-state index contributed by atoms with van der Waals surface area (Å²) in [5.41, 5.74) is 0.712. The number of benzene rings is 1. The van der Waals surface area contributed by atoms with Gasteiger partial charge in [-0.15, -0.1) is 0 Å². The van der Waals surface area contributed by atoms with Crippen LogP contribution in [0.1, 0.15) is 11.6 Å². The molecule has 2 N–H and O–H groups in total. The van der Waals surface area contributed by atoms with Crippen molar-refractivity contribution in [2.75, 3.05) is 6.61 Å². The highest BCUT2D eigenvalue weighted by Crippen LogP contribution is 2.16. The van der Waals surface area contributed by atoms with Gasteiger partial charge in [-0.3, -0.25) is 4.79 Å². The highest BCUT2D eigenvalue weighted by Gasteiger charge is 2.36. The van der Waals surface area contributed by atoms with Crippen molar-refractivity contribution in [1.29, 1.82) is 0 Å². The topological polar surface area (TPSA) is 49.3 Å². The van der Waals surface area contributed by atoms with E-state index in [9.17, 15) is 18.0 Å². The average molecular weight is 259 g/mol. The Morgan fingerprint density at radius 2 is 1.94 bits per heavy atom. The summed E-state index contributed by atoms with van der Waals surface area (Å²) in [6.07, 6.45) is -3.59. The maximum Gasteiger partial charge on any atom is 0.454 e. The van der Waals surface area contributed by atoms with Gasteiger partial charge in [-0.05, 0) is 5.56 Å². The zero-order valence-corrected chi connectivity index (χ0v) is 9.32. The number of rotatable bonds is 5. The van der Waals surface area contributed by atoms with Gasteiger partial charge in [-0.25, -0.2) is 0 Å². The molecular formula is C12H12F3NO2. The van der Waals surface area contributed by atoms with Gasteiger partial charge < -0.3 is 10.4 Å². The highest BCUT2D eigenvalue weighted by atomic mass is 19.4. The summed E-state index contributed by atoms with van der Waals surface area (Å²) in [7, 11) is 0. The smallest absolute Gasteiger partial charge is 0.394 e. The lowest BCUT2D eigenvalue weighted by molar-refractivity contribution is -0.165. The van der Waals surface area contributed by atoms with E-state index in [-0.39, 0.29) is 6.61 Å². The predicted octanol–water partition coefficient (Wildman–Crippen LogP) is 1.95. The van der Waals surface area contributed by atoms with Gasteiger partial charge in [-0.1, -0.05) is 30.3 Å². The number of carbonyl (C=O) groups is 1. The van der Waals surface area contributed by atoms with Crippen LogP contribution in [-0.4, -0.2) is 23.7 Å². The second kappa shape index (κ2) is 6.20. The lowest BCUT2D eigenvalue weighted by Crippen LogP contribution is -2.23. The van der Waals surface area contributed by atoms with Crippen molar-refractivity contribution in [1.82, 2.24) is 5.32 Å². The Hall–Kier alpha value is -1.82. The first-order valence-corrected chi connectivity index (χ1v) is 5.14. The highest BCUT2D eigenvalue weighted by molar-refractivity contribution is 5.94. The van der Waals surface area contributed by atoms with Crippen molar-refractivity contribution in [3.8, 4) is 0 Å². The van der Waals surface area contributed by atoms with Gasteiger partial charge in [0, 0.05) is 12.3 Å². The first-order chi connectivity index (χ1) is 8.45. The van der Waals surface area contributed by atoms with Gasteiger partial charge in [0.15, 0.2) is 0 Å². The first-order valence-electron chi connectivity index (χ1n) is 5.14. The van der Waals surface area contributed by atoms with Crippen LogP contribution < -0.4 is 5.32 Å². The molecule has 0 amide bonds. The average Bonchev–Trinajstić information content (AvgIpc) is 2.34. The summed E-state index contributed by atoms with van der Waals surface area (Å²) < 4.78 is 35.7. The molecule has 0 aromatic heterocycles. The summed E-state index contributed by atoms with van der Waals surface area (Å²) in [6.45, 7) is -0.297. The van der Waals surface area contributed by atoms with E-state index in [1.54, 1.807) is 30.3 Å². The Balaban J connectivity index is 2.61. The number of aliphatic hydroxyl groups is 1. The van der Waals surface area contributed by atoms with Crippen molar-refractivity contribution in [3.05, 3.63) is 48.2 Å². The van der Waals surface area contributed by atoms with E-state index in [2.05, 4.69) is 5.32 Å². The zero-order valence-electron chi connectivity index (χ0n) is 9.32. The Labute approximate surface area is 102 Å². The Morgan fingerprint density at radius 3 is 2.44 bits per heavy atom. The quantitative estimate of drug-likeness (QED) is 0.795. The number of alkyl halides is 3. The Morgan fingerprint density at radius 1 is 1.33 bits per heavy atom. The molecule has 0 bridgehead atoms. The molecule has 0 aliphatic rings. The van der Waals surface area contributed by atoms with E-state index < -0.39 is 18.0 Å². The van der Waals surface area contributed by atoms with Crippen LogP contribution in [0.15, 0.2) is 42.6 Å². The largest absolute Gasteiger partial charge is 0.454 e. The Bertz CT molecular complexity index is 415. The summed E-state index contributed by atoms with van der Waals surface area (Å²) in [6, 6.07) is 8.14. The van der Waals surface area contributed by atoms with Crippen LogP contribution in [0.3, 0.4) is 0 Å². The van der Waals surface area contributed by atoms with E-state index in [4.69, 9.17) is 5.11 Å². The second-order valence-corrected chi connectivity index (χ2v) is 3.51. The van der Waals surface area contributed by atoms with Crippen molar-refractivity contribution in [2.24, 2.45) is 0 Å². The molecule has 1 aromatic carbocycles. The maximum absolute atomic E-state index is 11.9. The molecule has 0 heterocycles. The van der Waals surface area contributed by atoms with E-state index in [0.717, 1.165) is 6.20 Å². The van der Waals surface area contributed by atoms with Crippen molar-refractivity contribution in [2.45, 2.75) is 12.2 Å². The first kappa shape index (κ1) is 14.2. The van der Waals surface area contributed by atoms with E-state index in [1.165, 1.54) is 0 Å². The fraction of sp³-hybridized carbons (Fsp3) is 0.250. The molecule has 3 nitrogen and oxygen atoms in total. The standard InChI is InChI=1S/C12H12F3NO2/c13-12(14,15)11(18)6-7-16-10(8-17)9-4-2-1-3-5-9/h1-7,10,16-17H,8H2/b7-6+/t10-/m0/s1. The second-order valence-electron chi connectivity index (χ2n) is 3.51. The molecule has 0 aliphatic heterocycles. The van der Waals surface area contributed by atoms with Gasteiger partial charge in [0.2, 0.25) is 0 Å². The number of nitrogens with one attached hydrogen (secondary N) is 1. The van der Waals surface area contributed by atoms with Crippen LogP contribution >= 0.6 is 0 Å². The minimum absolute atomic E-state index is 0.297. The van der Waals surface area contributed by atoms with Gasteiger partial charge >= 0.3 is 6.18 Å². The number of hydrogen-bond acceptors (Lipinski definition) is 3. The van der Waals surface area contributed by atoms with Gasteiger partial charge in [-0.2, -0.15) is 13.2 Å². The number of ketones is 1. The zero-order chi connectivity index (χ0) is 13.6. The van der Waals surface area contributed by atoms with Crippen LogP contribution in [0.25, 0.3) is 0 Å². The van der Waals surface area contributed by atoms with E-state index >= 15 is 0 Å². The summed E-state index contributed by atoms with van der Waals surface area (Å²) >= 11 is 0. The molecule has 0 aliphatic carbocycles. The molecule has 1 atom stereocenters. The van der Waals surface area contributed by atoms with Gasteiger partial charge in [0.1, 0.15) is 0 Å². The lowest BCUT2D eigenvalue weighted by Gasteiger charge is -2.14. The number of carbonyl (C=O) groups excluding carboxylic acids is 1. The lowest BCUT2D eigenvalue weighted by atomic mass is 10.1. The minimum Gasteiger partial charge on any atom is -0.394 e. The normalized spacial score (nSPS) is 13.6. The molecule has 0 spiro atoms. The Kier molecular flexibility index (Phi) is 4.91. The molecule has 0 unspecified atom stereocenters. The molecule has 0 radical (unpaired) electrons. The number of allylic oxidation sites excluding steroid dienone is 1. The monoisotopic (exact) mass is 259 g/mol. The SMILES string of the molecule is O=C(/C=C/N[C@@H](CO)c1ccccc1)C(F)(F)F. The third-order valence-electron chi connectivity index (χ3n) is 2.20. The number of halogens is 3. The van der Waals surface area contributed by atoms with Gasteiger partial charge in [0.05, 0.1) is 12.6 Å². The third kappa shape index (κ3) is 4.21. The van der Waals surface area contributed by atoms with Crippen LogP contribution in [0.5, 0.6) is 0 Å². The molecular weight excluding hydrogens is 247 g/mol. The molecule has 0 saturated heterocycles. The minimum atomic E-state index is -4.88. The molecule has 98 valence electrons. The summed E-state index contributed by atoms with van der Waals surface area (Å²) in [5.74, 6) is -1.94. The molecule has 6 heteroatoms. The van der Waals surface area contributed by atoms with Crippen molar-refractivity contribution < 1.29 is 23.1 Å². The van der Waals surface area contributed by atoms with Crippen molar-refractivity contribution >= 4 is 5.78 Å². The van der Waals surface area contributed by atoms with E-state index in [1.807, 2.05) is 0 Å². The molecule has 1 rings (SSSR count). The van der Waals surface area contributed by atoms with Crippen LogP contribution in [0.4, 0.5) is 13.2 Å². The number of aliphatic hydroxyl groups excluding tert-OH is 1. The molecule has 0 fully saturated rings. The van der Waals surface area contributed by atoms with Crippen molar-refractivity contribution in [3.63, 3.8) is 0 Å². The summed E-state index contributed by atoms with van der Waals surface area (Å²) in [4.78, 5) is 10.6. The predicted molar refractivity (Wildman–Crippen MR) is 59.6 cm³/mol. The van der Waals surface area contributed by atoms with E-state index in [0.29, 0.717) is 11.6 Å². The number of hydrogen-bond donors (Lipinski definition) is 2. The summed E-state index contributed by atoms with van der Waals surface area (Å²) in [5, 5.41) is 11.6. The fourth-order valence-corrected chi connectivity index (χ4v) is 1.27. The van der Waals surface area contributed by atoms with Crippen LogP contribution in [-0.2, 0) is 4.79 Å². The van der Waals surface area contributed by atoms with Crippen LogP contribution in [0.2, 0.25) is 0 Å². The third-order valence-corrected chi connectivity index (χ3v) is 2.20. The van der Waals surface area contributed by atoms with Crippen LogP contribution in [0, 0.1) is 0 Å². The van der Waals surface area contributed by atoms with Gasteiger partial charge in [0.25, 0.3) is 5.78 Å².